The molecule has 1 saturated carbocycles. The van der Waals surface area contributed by atoms with Gasteiger partial charge in [-0.2, -0.15) is 0 Å². The number of likely N-dealkylation sites (N-methyl/N-ethyl adjacent to an activating group) is 2. The number of hydrogen-bond acceptors (Lipinski definition) is 16. The molecule has 4 fully saturated rings. The molecule has 16 nitrogen and oxygen atoms in total. The van der Waals surface area contributed by atoms with Crippen LogP contribution in [0, 0.1) is 23.7 Å². The summed E-state index contributed by atoms with van der Waals surface area (Å²) in [5.74, 6) is -2.53. The van der Waals surface area contributed by atoms with Gasteiger partial charge in [-0.15, -0.1) is 0 Å². The molecule has 4 rings (SSSR count). The number of rotatable bonds is 10. The number of ether oxygens (including phenoxy) is 6. The molecule has 0 spiro atoms. The van der Waals surface area contributed by atoms with Gasteiger partial charge in [0.1, 0.15) is 30.0 Å². The standard InChI is InChI=1S/C44H83BN2O14/c1-14-33-44(10,53)37(49)28(6)46(11)22-24(2)20-42(8,52)39(26(4)36(27(5)40(51)59-33)60-34-21-43(9,56-13)38(50)29(7)58-34)61-41-35(48)32(19-25(3)57-41)47(12)23-30-15-17-31(18-16-30)45(54)55/h24-39,41,48-50,52-55H,14-23H2,1-13H3/t24-,25-,26+,27-,28-,29+,30?,31?,32+,33-,34+,35-,36+,37-,38+,39-,41+,42-,43-,44-/m1/s1. The number of nitrogens with zero attached hydrogens (tertiary/aromatic N) is 2. The van der Waals surface area contributed by atoms with E-state index in [1.54, 1.807) is 41.5 Å². The van der Waals surface area contributed by atoms with Crippen LogP contribution in [0.25, 0.3) is 0 Å². The van der Waals surface area contributed by atoms with Gasteiger partial charge in [-0.25, -0.2) is 0 Å². The zero-order chi connectivity index (χ0) is 45.9. The zero-order valence-electron chi connectivity index (χ0n) is 39.3. The molecule has 0 aromatic rings. The second-order valence-corrected chi connectivity index (χ2v) is 20.3. The fraction of sp³-hybridized carbons (Fsp3) is 0.977. The van der Waals surface area contributed by atoms with Crippen LogP contribution in [0.1, 0.15) is 121 Å². The van der Waals surface area contributed by atoms with Crippen LogP contribution < -0.4 is 0 Å². The van der Waals surface area contributed by atoms with Gasteiger partial charge < -0.3 is 73.8 Å². The van der Waals surface area contributed by atoms with Crippen molar-refractivity contribution in [2.75, 3.05) is 34.3 Å². The van der Waals surface area contributed by atoms with Crippen molar-refractivity contribution >= 4 is 13.1 Å². The smallest absolute Gasteiger partial charge is 0.454 e. The first-order valence-corrected chi connectivity index (χ1v) is 22.9. The summed E-state index contributed by atoms with van der Waals surface area (Å²) in [6.07, 6.45) is -5.61. The van der Waals surface area contributed by atoms with Crippen LogP contribution >= 0.6 is 0 Å². The van der Waals surface area contributed by atoms with Crippen LogP contribution in [0.4, 0.5) is 0 Å². The fourth-order valence-electron chi connectivity index (χ4n) is 10.9. The Balaban J connectivity index is 1.74. The second kappa shape index (κ2) is 21.5. The molecule has 61 heavy (non-hydrogen) atoms. The van der Waals surface area contributed by atoms with Crippen molar-refractivity contribution in [3.63, 3.8) is 0 Å². The highest BCUT2D eigenvalue weighted by Crippen LogP contribution is 2.41. The van der Waals surface area contributed by atoms with Gasteiger partial charge in [0.25, 0.3) is 0 Å². The van der Waals surface area contributed by atoms with Crippen molar-refractivity contribution in [1.82, 2.24) is 9.80 Å². The number of carbonyl (C=O) groups is 1. The average molecular weight is 875 g/mol. The lowest BCUT2D eigenvalue weighted by atomic mass is 9.63. The van der Waals surface area contributed by atoms with E-state index in [1.165, 1.54) is 14.0 Å². The minimum absolute atomic E-state index is 0.111. The SMILES string of the molecule is CC[C@H]1OC(=O)[C@H](C)[C@@H](O[C@H]2C[C@@](C)(OC)[C@@H](O)[C@H](C)O2)[C@H](C)[C@@H](O[C@@H]2O[C@H](C)C[C@H](N(C)CC3CCC(B(O)O)CC3)[C@H]2O)[C@](C)(O)C[C@@H](C)CN(C)[C@H](C)[C@@H](O)[C@]1(C)O. The van der Waals surface area contributed by atoms with Gasteiger partial charge in [-0.05, 0) is 112 Å². The Kier molecular flexibility index (Phi) is 18.6. The van der Waals surface area contributed by atoms with Crippen molar-refractivity contribution in [1.29, 1.82) is 0 Å². The van der Waals surface area contributed by atoms with Crippen LogP contribution in [0.5, 0.6) is 0 Å². The number of aliphatic hydroxyl groups excluding tert-OH is 3. The van der Waals surface area contributed by atoms with Crippen LogP contribution in [0.3, 0.4) is 0 Å². The number of aliphatic hydroxyl groups is 5. The van der Waals surface area contributed by atoms with Crippen molar-refractivity contribution in [3.8, 4) is 0 Å². The van der Waals surface area contributed by atoms with Crippen molar-refractivity contribution in [3.05, 3.63) is 0 Å². The molecule has 3 aliphatic heterocycles. The van der Waals surface area contributed by atoms with Crippen LogP contribution in [0.2, 0.25) is 5.82 Å². The van der Waals surface area contributed by atoms with Gasteiger partial charge in [0.2, 0.25) is 0 Å². The Morgan fingerprint density at radius 3 is 2.11 bits per heavy atom. The number of methoxy groups -OCH3 is 1. The number of hydrogen-bond donors (Lipinski definition) is 7. The lowest BCUT2D eigenvalue weighted by molar-refractivity contribution is -0.318. The van der Waals surface area contributed by atoms with Crippen LogP contribution in [-0.4, -0.2) is 183 Å². The second-order valence-electron chi connectivity index (χ2n) is 20.3. The molecule has 0 unspecified atom stereocenters. The predicted molar refractivity (Wildman–Crippen MR) is 229 cm³/mol. The molecule has 3 heterocycles. The van der Waals surface area contributed by atoms with E-state index < -0.39 is 103 Å². The zero-order valence-corrected chi connectivity index (χ0v) is 39.3. The Bertz CT molecular complexity index is 1370. The van der Waals surface area contributed by atoms with Gasteiger partial charge in [-0.3, -0.25) is 4.79 Å². The summed E-state index contributed by atoms with van der Waals surface area (Å²) in [4.78, 5) is 18.4. The molecule has 356 valence electrons. The van der Waals surface area contributed by atoms with E-state index in [2.05, 4.69) is 4.90 Å². The Morgan fingerprint density at radius 2 is 1.54 bits per heavy atom. The summed E-state index contributed by atoms with van der Waals surface area (Å²) in [6.45, 7) is 18.7. The van der Waals surface area contributed by atoms with E-state index >= 15 is 0 Å². The van der Waals surface area contributed by atoms with Crippen molar-refractivity contribution in [2.24, 2.45) is 23.7 Å². The summed E-state index contributed by atoms with van der Waals surface area (Å²) in [6, 6.07) is -0.916. The molecular weight excluding hydrogens is 791 g/mol. The molecule has 18 atom stereocenters. The van der Waals surface area contributed by atoms with E-state index in [4.69, 9.17) is 28.4 Å². The Labute approximate surface area is 365 Å². The van der Waals surface area contributed by atoms with Crippen molar-refractivity contribution < 1.29 is 68.8 Å². The molecule has 4 aliphatic rings. The fourth-order valence-corrected chi connectivity index (χ4v) is 10.9. The minimum Gasteiger partial charge on any atom is -0.459 e. The van der Waals surface area contributed by atoms with Gasteiger partial charge in [-0.1, -0.05) is 33.6 Å². The average Bonchev–Trinajstić information content (AvgIpc) is 3.19. The first kappa shape index (κ1) is 52.6. The quantitative estimate of drug-likeness (QED) is 0.124. The van der Waals surface area contributed by atoms with Gasteiger partial charge in [0.05, 0.1) is 41.5 Å². The number of esters is 1. The van der Waals surface area contributed by atoms with E-state index in [-0.39, 0.29) is 43.1 Å². The maximum absolute atomic E-state index is 14.4. The maximum Gasteiger partial charge on any atom is 0.454 e. The Hall–Kier alpha value is -1.03. The summed E-state index contributed by atoms with van der Waals surface area (Å²) in [5.41, 5.74) is -4.48. The van der Waals surface area contributed by atoms with Gasteiger partial charge in [0.15, 0.2) is 12.6 Å². The largest absolute Gasteiger partial charge is 0.459 e. The highest BCUT2D eigenvalue weighted by molar-refractivity contribution is 6.43. The minimum atomic E-state index is -1.82. The molecule has 0 radical (unpaired) electrons. The normalized spacial score (nSPS) is 48.0. The highest BCUT2D eigenvalue weighted by Gasteiger charge is 2.53. The lowest BCUT2D eigenvalue weighted by Gasteiger charge is -2.49. The molecular formula is C44H83BN2O14. The highest BCUT2D eigenvalue weighted by atomic mass is 16.7. The third-order valence-electron chi connectivity index (χ3n) is 15.0. The summed E-state index contributed by atoms with van der Waals surface area (Å²) in [7, 11) is 4.00. The topological polar surface area (TPSA) is 221 Å². The maximum atomic E-state index is 14.4. The molecule has 0 amide bonds. The summed E-state index contributed by atoms with van der Waals surface area (Å²) in [5, 5.41) is 78.7. The van der Waals surface area contributed by atoms with Gasteiger partial charge >= 0.3 is 13.1 Å². The van der Waals surface area contributed by atoms with E-state index in [0.717, 1.165) is 25.7 Å². The molecule has 1 aliphatic carbocycles. The monoisotopic (exact) mass is 875 g/mol. The van der Waals surface area contributed by atoms with Gasteiger partial charge in [0, 0.05) is 44.6 Å². The predicted octanol–water partition coefficient (Wildman–Crippen LogP) is 2.30. The van der Waals surface area contributed by atoms with E-state index in [9.17, 15) is 40.4 Å². The molecule has 0 aromatic heterocycles. The summed E-state index contributed by atoms with van der Waals surface area (Å²) < 4.78 is 38.1. The first-order chi connectivity index (χ1) is 28.3. The van der Waals surface area contributed by atoms with Crippen LogP contribution in [-0.2, 0) is 33.2 Å². The van der Waals surface area contributed by atoms with E-state index in [0.29, 0.717) is 25.4 Å². The molecule has 0 bridgehead atoms. The third kappa shape index (κ3) is 12.5. The van der Waals surface area contributed by atoms with Crippen LogP contribution in [0.15, 0.2) is 0 Å². The summed E-state index contributed by atoms with van der Waals surface area (Å²) >= 11 is 0. The molecule has 7 N–H and O–H groups in total. The molecule has 0 aromatic carbocycles. The molecule has 17 heteroatoms. The van der Waals surface area contributed by atoms with E-state index in [1.807, 2.05) is 39.8 Å². The number of carbonyl (C=O) groups excluding carboxylic acids is 1. The lowest BCUT2D eigenvalue weighted by Crippen LogP contribution is -2.61. The first-order valence-electron chi connectivity index (χ1n) is 22.9. The number of cyclic esters (lactones) is 1. The van der Waals surface area contributed by atoms with Crippen molar-refractivity contribution in [2.45, 2.75) is 217 Å². The molecule has 3 saturated heterocycles. The Morgan fingerprint density at radius 1 is 0.918 bits per heavy atom. The third-order valence-corrected chi connectivity index (χ3v) is 15.0.